The lowest BCUT2D eigenvalue weighted by atomic mass is 10.0. The monoisotopic (exact) mass is 260 g/mol. The summed E-state index contributed by atoms with van der Waals surface area (Å²) >= 11 is 6.47. The minimum Gasteiger partial charge on any atom is -0.497 e. The highest BCUT2D eigenvalue weighted by Crippen LogP contribution is 2.27. The third kappa shape index (κ3) is 3.27. The molecule has 0 radical (unpaired) electrons. The van der Waals surface area contributed by atoms with Crippen LogP contribution in [0.1, 0.15) is 22.1 Å². The summed E-state index contributed by atoms with van der Waals surface area (Å²) < 4.78 is 5.22. The minimum absolute atomic E-state index is 0.0260. The molecule has 2 rings (SSSR count). The Hall–Kier alpha value is -1.47. The van der Waals surface area contributed by atoms with Crippen LogP contribution in [0.15, 0.2) is 48.5 Å². The summed E-state index contributed by atoms with van der Waals surface area (Å²) in [5, 5.41) is -0.0260. The smallest absolute Gasteiger partial charge is 0.119 e. The lowest BCUT2D eigenvalue weighted by molar-refractivity contribution is 0.414. The average molecular weight is 261 g/mol. The van der Waals surface area contributed by atoms with E-state index in [1.54, 1.807) is 7.11 Å². The van der Waals surface area contributed by atoms with Gasteiger partial charge in [0.05, 0.1) is 12.5 Å². The Morgan fingerprint density at radius 2 is 1.89 bits per heavy atom. The molecule has 0 aliphatic rings. The summed E-state index contributed by atoms with van der Waals surface area (Å²) in [6.45, 7) is 2.10. The molecule has 0 aliphatic carbocycles. The number of methoxy groups -OCH3 is 1. The van der Waals surface area contributed by atoms with Gasteiger partial charge in [-0.05, 0) is 36.6 Å². The van der Waals surface area contributed by atoms with Crippen molar-refractivity contribution in [1.82, 2.24) is 0 Å². The van der Waals surface area contributed by atoms with Gasteiger partial charge in [0.25, 0.3) is 0 Å². The maximum Gasteiger partial charge on any atom is 0.119 e. The topological polar surface area (TPSA) is 9.23 Å². The fourth-order valence-corrected chi connectivity index (χ4v) is 2.31. The Morgan fingerprint density at radius 1 is 1.11 bits per heavy atom. The molecule has 0 fully saturated rings. The van der Waals surface area contributed by atoms with Crippen molar-refractivity contribution in [3.63, 3.8) is 0 Å². The Balaban J connectivity index is 2.13. The molecule has 0 saturated heterocycles. The van der Waals surface area contributed by atoms with Gasteiger partial charge in [-0.15, -0.1) is 11.6 Å². The van der Waals surface area contributed by atoms with Gasteiger partial charge in [0, 0.05) is 0 Å². The Morgan fingerprint density at radius 3 is 2.61 bits per heavy atom. The standard InChI is InChI=1S/C16H17ClO/c1-12-5-3-6-13(9-12)10-16(17)14-7-4-8-15(11-14)18-2/h3-9,11,16H,10H2,1-2H3. The summed E-state index contributed by atoms with van der Waals surface area (Å²) in [7, 11) is 1.67. The molecular weight excluding hydrogens is 244 g/mol. The van der Waals surface area contributed by atoms with Crippen molar-refractivity contribution in [3.05, 3.63) is 65.2 Å². The van der Waals surface area contributed by atoms with E-state index in [9.17, 15) is 0 Å². The van der Waals surface area contributed by atoms with Crippen LogP contribution >= 0.6 is 11.6 Å². The Bertz CT molecular complexity index is 522. The molecule has 0 aromatic heterocycles. The van der Waals surface area contributed by atoms with E-state index < -0.39 is 0 Å². The molecule has 0 bridgehead atoms. The largest absolute Gasteiger partial charge is 0.497 e. The number of hydrogen-bond donors (Lipinski definition) is 0. The number of alkyl halides is 1. The highest BCUT2D eigenvalue weighted by atomic mass is 35.5. The summed E-state index contributed by atoms with van der Waals surface area (Å²) in [6, 6.07) is 16.4. The molecule has 18 heavy (non-hydrogen) atoms. The van der Waals surface area contributed by atoms with Crippen LogP contribution in [0.2, 0.25) is 0 Å². The summed E-state index contributed by atoms with van der Waals surface area (Å²) in [6.07, 6.45) is 0.830. The van der Waals surface area contributed by atoms with Crippen molar-refractivity contribution in [2.24, 2.45) is 0 Å². The second kappa shape index (κ2) is 5.92. The number of hydrogen-bond acceptors (Lipinski definition) is 1. The molecule has 0 saturated carbocycles. The van der Waals surface area contributed by atoms with Crippen LogP contribution in [0.3, 0.4) is 0 Å². The van der Waals surface area contributed by atoms with Crippen LogP contribution in [0.4, 0.5) is 0 Å². The van der Waals surface area contributed by atoms with Crippen LogP contribution < -0.4 is 4.74 Å². The lowest BCUT2D eigenvalue weighted by Crippen LogP contribution is -1.97. The second-order valence-electron chi connectivity index (χ2n) is 4.44. The second-order valence-corrected chi connectivity index (χ2v) is 4.96. The third-order valence-electron chi connectivity index (χ3n) is 2.95. The highest BCUT2D eigenvalue weighted by molar-refractivity contribution is 6.20. The summed E-state index contributed by atoms with van der Waals surface area (Å²) in [5.41, 5.74) is 3.62. The van der Waals surface area contributed by atoms with Gasteiger partial charge in [-0.3, -0.25) is 0 Å². The van der Waals surface area contributed by atoms with Gasteiger partial charge >= 0.3 is 0 Å². The van der Waals surface area contributed by atoms with Crippen molar-refractivity contribution in [1.29, 1.82) is 0 Å². The quantitative estimate of drug-likeness (QED) is 0.734. The fourth-order valence-electron chi connectivity index (χ4n) is 2.00. The van der Waals surface area contributed by atoms with Crippen LogP contribution in [0, 0.1) is 6.92 Å². The van der Waals surface area contributed by atoms with Crippen LogP contribution in [0.25, 0.3) is 0 Å². The van der Waals surface area contributed by atoms with Gasteiger partial charge in [0.1, 0.15) is 5.75 Å². The van der Waals surface area contributed by atoms with E-state index in [4.69, 9.17) is 16.3 Å². The van der Waals surface area contributed by atoms with Gasteiger partial charge in [-0.2, -0.15) is 0 Å². The van der Waals surface area contributed by atoms with Crippen molar-refractivity contribution < 1.29 is 4.74 Å². The van der Waals surface area contributed by atoms with Crippen molar-refractivity contribution in [3.8, 4) is 5.75 Å². The fraction of sp³-hybridized carbons (Fsp3) is 0.250. The molecule has 1 atom stereocenters. The predicted molar refractivity (Wildman–Crippen MR) is 76.5 cm³/mol. The molecule has 0 amide bonds. The number of ether oxygens (including phenoxy) is 1. The zero-order valence-corrected chi connectivity index (χ0v) is 11.4. The zero-order chi connectivity index (χ0) is 13.0. The van der Waals surface area contributed by atoms with E-state index in [1.165, 1.54) is 11.1 Å². The molecule has 0 heterocycles. The SMILES string of the molecule is COc1cccc(C(Cl)Cc2cccc(C)c2)c1. The zero-order valence-electron chi connectivity index (χ0n) is 10.7. The van der Waals surface area contributed by atoms with E-state index in [-0.39, 0.29) is 5.38 Å². The van der Waals surface area contributed by atoms with Gasteiger partial charge in [0.15, 0.2) is 0 Å². The maximum atomic E-state index is 6.47. The number of benzene rings is 2. The number of aryl methyl sites for hydroxylation is 1. The van der Waals surface area contributed by atoms with E-state index in [0.29, 0.717) is 0 Å². The molecule has 2 heteroatoms. The summed E-state index contributed by atoms with van der Waals surface area (Å²) in [5.74, 6) is 0.849. The van der Waals surface area contributed by atoms with Crippen molar-refractivity contribution in [2.75, 3.05) is 7.11 Å². The average Bonchev–Trinajstić information content (AvgIpc) is 2.39. The van der Waals surface area contributed by atoms with Crippen molar-refractivity contribution >= 4 is 11.6 Å². The van der Waals surface area contributed by atoms with Crippen LogP contribution in [-0.4, -0.2) is 7.11 Å². The molecule has 2 aromatic rings. The molecule has 0 N–H and O–H groups in total. The first-order chi connectivity index (χ1) is 8.69. The molecular formula is C16H17ClO. The predicted octanol–water partition coefficient (Wildman–Crippen LogP) is 4.53. The normalized spacial score (nSPS) is 12.2. The molecule has 2 aromatic carbocycles. The van der Waals surface area contributed by atoms with Crippen molar-refractivity contribution in [2.45, 2.75) is 18.7 Å². The van der Waals surface area contributed by atoms with E-state index in [1.807, 2.05) is 24.3 Å². The maximum absolute atomic E-state index is 6.47. The highest BCUT2D eigenvalue weighted by Gasteiger charge is 2.09. The first kappa shape index (κ1) is 13.0. The molecule has 0 aliphatic heterocycles. The van der Waals surface area contributed by atoms with Crippen LogP contribution in [0.5, 0.6) is 5.75 Å². The lowest BCUT2D eigenvalue weighted by Gasteiger charge is -2.11. The first-order valence-corrected chi connectivity index (χ1v) is 6.46. The van der Waals surface area contributed by atoms with E-state index >= 15 is 0 Å². The molecule has 0 spiro atoms. The molecule has 1 nitrogen and oxygen atoms in total. The van der Waals surface area contributed by atoms with Crippen LogP contribution in [-0.2, 0) is 6.42 Å². The van der Waals surface area contributed by atoms with Gasteiger partial charge < -0.3 is 4.74 Å². The third-order valence-corrected chi connectivity index (χ3v) is 3.36. The summed E-state index contributed by atoms with van der Waals surface area (Å²) in [4.78, 5) is 0. The first-order valence-electron chi connectivity index (χ1n) is 6.02. The van der Waals surface area contributed by atoms with Gasteiger partial charge in [-0.25, -0.2) is 0 Å². The number of halogens is 1. The molecule has 94 valence electrons. The number of rotatable bonds is 4. The Kier molecular flexibility index (Phi) is 4.27. The van der Waals surface area contributed by atoms with E-state index in [2.05, 4.69) is 31.2 Å². The van der Waals surface area contributed by atoms with Gasteiger partial charge in [-0.1, -0.05) is 42.0 Å². The Labute approximate surface area is 113 Å². The van der Waals surface area contributed by atoms with E-state index in [0.717, 1.165) is 17.7 Å². The molecule has 1 unspecified atom stereocenters. The minimum atomic E-state index is -0.0260. The van der Waals surface area contributed by atoms with Gasteiger partial charge in [0.2, 0.25) is 0 Å².